The van der Waals surface area contributed by atoms with Crippen molar-refractivity contribution < 1.29 is 13.2 Å². The first-order valence-corrected chi connectivity index (χ1v) is 9.60. The van der Waals surface area contributed by atoms with Crippen molar-refractivity contribution in [3.8, 4) is 0 Å². The largest absolute Gasteiger partial charge is 0.355 e. The maximum Gasteiger partial charge on any atom is 0.238 e. The van der Waals surface area contributed by atoms with E-state index in [0.717, 1.165) is 5.56 Å². The summed E-state index contributed by atoms with van der Waals surface area (Å²) in [7, 11) is -1.86. The number of amides is 1. The molecule has 1 aromatic heterocycles. The molecule has 2 rings (SSSR count). The van der Waals surface area contributed by atoms with Gasteiger partial charge in [-0.3, -0.25) is 4.79 Å². The second kappa shape index (κ2) is 7.77. The summed E-state index contributed by atoms with van der Waals surface area (Å²) in [6.45, 7) is 2.26. The van der Waals surface area contributed by atoms with Crippen LogP contribution in [0.5, 0.6) is 0 Å². The van der Waals surface area contributed by atoms with E-state index in [-0.39, 0.29) is 16.1 Å². The molecule has 3 N–H and O–H groups in total. The zero-order valence-corrected chi connectivity index (χ0v) is 15.0. The highest BCUT2D eigenvalue weighted by Crippen LogP contribution is 2.19. The van der Waals surface area contributed by atoms with Crippen LogP contribution in [0, 0.1) is 0 Å². The molecule has 2 aromatic rings. The Morgan fingerprint density at radius 2 is 2.04 bits per heavy atom. The first-order chi connectivity index (χ1) is 11.3. The molecule has 0 unspecified atom stereocenters. The van der Waals surface area contributed by atoms with Gasteiger partial charge in [0.25, 0.3) is 0 Å². The number of benzene rings is 1. The Labute approximate surface area is 144 Å². The van der Waals surface area contributed by atoms with E-state index in [1.54, 1.807) is 30.0 Å². The standard InChI is InChI=1S/C14H19N5O3S2/c1-10(23-14-18-17-9-19(14)2)13(20)16-8-7-11-3-5-12(6-4-11)24(15,21)22/h3-6,9-10H,7-8H2,1-2H3,(H,16,20)(H2,15,21,22)/t10-/m1/s1. The Morgan fingerprint density at radius 1 is 1.38 bits per heavy atom. The molecule has 1 aromatic carbocycles. The number of hydrogen-bond donors (Lipinski definition) is 2. The average molecular weight is 369 g/mol. The Kier molecular flexibility index (Phi) is 5.97. The van der Waals surface area contributed by atoms with E-state index in [9.17, 15) is 13.2 Å². The van der Waals surface area contributed by atoms with E-state index in [2.05, 4.69) is 15.5 Å². The maximum atomic E-state index is 12.1. The second-order valence-corrected chi connectivity index (χ2v) is 8.08. The molecular weight excluding hydrogens is 350 g/mol. The molecule has 8 nitrogen and oxygen atoms in total. The number of thioether (sulfide) groups is 1. The number of carbonyl (C=O) groups excluding carboxylic acids is 1. The molecule has 130 valence electrons. The van der Waals surface area contributed by atoms with Crippen LogP contribution >= 0.6 is 11.8 Å². The molecule has 24 heavy (non-hydrogen) atoms. The summed E-state index contributed by atoms with van der Waals surface area (Å²) in [4.78, 5) is 12.1. The molecule has 0 bridgehead atoms. The summed E-state index contributed by atoms with van der Waals surface area (Å²) < 4.78 is 24.1. The normalized spacial score (nSPS) is 12.8. The molecule has 0 radical (unpaired) electrons. The molecule has 0 saturated carbocycles. The van der Waals surface area contributed by atoms with Gasteiger partial charge < -0.3 is 9.88 Å². The molecular formula is C14H19N5O3S2. The number of nitrogens with one attached hydrogen (secondary N) is 1. The monoisotopic (exact) mass is 369 g/mol. The highest BCUT2D eigenvalue weighted by Gasteiger charge is 2.16. The predicted molar refractivity (Wildman–Crippen MR) is 90.9 cm³/mol. The summed E-state index contributed by atoms with van der Waals surface area (Å²) in [5.74, 6) is -0.0934. The topological polar surface area (TPSA) is 120 Å². The molecule has 0 fully saturated rings. The Hall–Kier alpha value is -1.91. The van der Waals surface area contributed by atoms with Crippen molar-refractivity contribution >= 4 is 27.7 Å². The minimum absolute atomic E-state index is 0.0731. The zero-order valence-electron chi connectivity index (χ0n) is 13.3. The molecule has 10 heteroatoms. The summed E-state index contributed by atoms with van der Waals surface area (Å²) in [5.41, 5.74) is 0.913. The Balaban J connectivity index is 1.81. The third-order valence-corrected chi connectivity index (χ3v) is 5.36. The number of primary sulfonamides is 1. The zero-order chi connectivity index (χ0) is 17.7. The molecule has 0 aliphatic carbocycles. The fourth-order valence-corrected chi connectivity index (χ4v) is 3.24. The van der Waals surface area contributed by atoms with Crippen LogP contribution < -0.4 is 10.5 Å². The van der Waals surface area contributed by atoms with Gasteiger partial charge in [0.05, 0.1) is 10.1 Å². The minimum Gasteiger partial charge on any atom is -0.355 e. The van der Waals surface area contributed by atoms with Crippen LogP contribution in [-0.2, 0) is 28.3 Å². The van der Waals surface area contributed by atoms with Gasteiger partial charge in [-0.15, -0.1) is 10.2 Å². The van der Waals surface area contributed by atoms with Gasteiger partial charge in [-0.05, 0) is 31.0 Å². The van der Waals surface area contributed by atoms with Crippen molar-refractivity contribution in [3.63, 3.8) is 0 Å². The fourth-order valence-electron chi connectivity index (χ4n) is 1.91. The summed E-state index contributed by atoms with van der Waals surface area (Å²) in [6.07, 6.45) is 2.18. The van der Waals surface area contributed by atoms with Gasteiger partial charge in [0, 0.05) is 13.6 Å². The van der Waals surface area contributed by atoms with Crippen LogP contribution in [0.1, 0.15) is 12.5 Å². The van der Waals surface area contributed by atoms with Crippen molar-refractivity contribution in [2.45, 2.75) is 28.6 Å². The van der Waals surface area contributed by atoms with Gasteiger partial charge >= 0.3 is 0 Å². The summed E-state index contributed by atoms with van der Waals surface area (Å²) in [6, 6.07) is 6.28. The third kappa shape index (κ3) is 5.05. The van der Waals surface area contributed by atoms with Crippen LogP contribution in [0.15, 0.2) is 40.6 Å². The number of nitrogens with zero attached hydrogens (tertiary/aromatic N) is 3. The van der Waals surface area contributed by atoms with Gasteiger partial charge in [0.15, 0.2) is 5.16 Å². The molecule has 1 heterocycles. The van der Waals surface area contributed by atoms with Crippen LogP contribution in [-0.4, -0.2) is 40.9 Å². The summed E-state index contributed by atoms with van der Waals surface area (Å²) >= 11 is 1.33. The van der Waals surface area contributed by atoms with Gasteiger partial charge in [0.1, 0.15) is 6.33 Å². The van der Waals surface area contributed by atoms with Gasteiger partial charge in [-0.1, -0.05) is 23.9 Å². The number of aromatic nitrogens is 3. The lowest BCUT2D eigenvalue weighted by molar-refractivity contribution is -0.120. The number of sulfonamides is 1. The molecule has 0 aliphatic heterocycles. The van der Waals surface area contributed by atoms with E-state index in [0.29, 0.717) is 18.1 Å². The van der Waals surface area contributed by atoms with E-state index < -0.39 is 10.0 Å². The number of rotatable bonds is 7. The number of aryl methyl sites for hydroxylation is 1. The highest BCUT2D eigenvalue weighted by atomic mass is 32.2. The van der Waals surface area contributed by atoms with Gasteiger partial charge in [-0.25, -0.2) is 13.6 Å². The van der Waals surface area contributed by atoms with Crippen LogP contribution in [0.2, 0.25) is 0 Å². The van der Waals surface area contributed by atoms with Crippen LogP contribution in [0.4, 0.5) is 0 Å². The van der Waals surface area contributed by atoms with Crippen LogP contribution in [0.3, 0.4) is 0 Å². The van der Waals surface area contributed by atoms with E-state index in [1.165, 1.54) is 23.9 Å². The first kappa shape index (κ1) is 18.4. The second-order valence-electron chi connectivity index (χ2n) is 5.21. The maximum absolute atomic E-state index is 12.1. The smallest absolute Gasteiger partial charge is 0.238 e. The van der Waals surface area contributed by atoms with Crippen molar-refractivity contribution in [2.75, 3.05) is 6.54 Å². The quantitative estimate of drug-likeness (QED) is 0.678. The number of nitrogens with two attached hydrogens (primary N) is 1. The summed E-state index contributed by atoms with van der Waals surface area (Å²) in [5, 5.41) is 16.0. The first-order valence-electron chi connectivity index (χ1n) is 7.17. The van der Waals surface area contributed by atoms with Crippen molar-refractivity contribution in [1.29, 1.82) is 0 Å². The van der Waals surface area contributed by atoms with Crippen molar-refractivity contribution in [1.82, 2.24) is 20.1 Å². The fraction of sp³-hybridized carbons (Fsp3) is 0.357. The molecule has 0 aliphatic rings. The molecule has 0 spiro atoms. The van der Waals surface area contributed by atoms with E-state index in [4.69, 9.17) is 5.14 Å². The van der Waals surface area contributed by atoms with Crippen LogP contribution in [0.25, 0.3) is 0 Å². The third-order valence-electron chi connectivity index (χ3n) is 3.29. The lowest BCUT2D eigenvalue weighted by Crippen LogP contribution is -2.32. The Bertz CT molecular complexity index is 802. The minimum atomic E-state index is -3.68. The van der Waals surface area contributed by atoms with E-state index >= 15 is 0 Å². The lowest BCUT2D eigenvalue weighted by atomic mass is 10.1. The number of carbonyl (C=O) groups is 1. The molecule has 1 atom stereocenters. The SMILES string of the molecule is C[C@@H](Sc1nncn1C)C(=O)NCCc1ccc(S(N)(=O)=O)cc1. The Morgan fingerprint density at radius 3 is 2.58 bits per heavy atom. The number of hydrogen-bond acceptors (Lipinski definition) is 6. The molecule has 1 amide bonds. The van der Waals surface area contributed by atoms with E-state index in [1.807, 2.05) is 7.05 Å². The predicted octanol–water partition coefficient (Wildman–Crippen LogP) is 0.302. The lowest BCUT2D eigenvalue weighted by Gasteiger charge is -2.11. The van der Waals surface area contributed by atoms with Gasteiger partial charge in [-0.2, -0.15) is 0 Å². The highest BCUT2D eigenvalue weighted by molar-refractivity contribution is 8.00. The van der Waals surface area contributed by atoms with Crippen molar-refractivity contribution in [3.05, 3.63) is 36.2 Å². The van der Waals surface area contributed by atoms with Gasteiger partial charge in [0.2, 0.25) is 15.9 Å². The average Bonchev–Trinajstić information content (AvgIpc) is 2.92. The molecule has 0 saturated heterocycles. The van der Waals surface area contributed by atoms with Crippen molar-refractivity contribution in [2.24, 2.45) is 12.2 Å².